The normalized spacial score (nSPS) is 19.1. The van der Waals surface area contributed by atoms with E-state index in [1.165, 1.54) is 25.7 Å². The van der Waals surface area contributed by atoms with Crippen LogP contribution in [0.25, 0.3) is 0 Å². The smallest absolute Gasteiger partial charge is 0.123 e. The Morgan fingerprint density at radius 1 is 1.26 bits per heavy atom. The molecule has 0 atom stereocenters. The van der Waals surface area contributed by atoms with Gasteiger partial charge in [-0.2, -0.15) is 0 Å². The highest BCUT2D eigenvalue weighted by Gasteiger charge is 2.26. The van der Waals surface area contributed by atoms with Gasteiger partial charge in [0.25, 0.3) is 0 Å². The second-order valence-corrected chi connectivity index (χ2v) is 6.31. The maximum absolute atomic E-state index is 5.92. The van der Waals surface area contributed by atoms with Crippen molar-refractivity contribution in [2.75, 3.05) is 17.7 Å². The fourth-order valence-electron chi connectivity index (χ4n) is 2.73. The first kappa shape index (κ1) is 14.0. The zero-order valence-electron chi connectivity index (χ0n) is 12.3. The highest BCUT2D eigenvalue weighted by molar-refractivity contribution is 5.59. The van der Waals surface area contributed by atoms with Crippen molar-refractivity contribution < 1.29 is 4.74 Å². The lowest BCUT2D eigenvalue weighted by atomic mass is 9.75. The summed E-state index contributed by atoms with van der Waals surface area (Å²) in [5.41, 5.74) is 8.25. The molecule has 1 aromatic rings. The van der Waals surface area contributed by atoms with Crippen molar-refractivity contribution in [3.63, 3.8) is 0 Å². The van der Waals surface area contributed by atoms with Gasteiger partial charge in [-0.05, 0) is 44.1 Å². The van der Waals surface area contributed by atoms with Gasteiger partial charge in [0.2, 0.25) is 0 Å². The number of nitrogens with one attached hydrogen (secondary N) is 1. The molecule has 1 fully saturated rings. The predicted octanol–water partition coefficient (Wildman–Crippen LogP) is 4.05. The van der Waals surface area contributed by atoms with Crippen LogP contribution < -0.4 is 15.8 Å². The van der Waals surface area contributed by atoms with Crippen molar-refractivity contribution in [2.45, 2.75) is 52.5 Å². The molecule has 106 valence electrons. The molecule has 0 saturated heterocycles. The second-order valence-electron chi connectivity index (χ2n) is 6.31. The third-order valence-electron chi connectivity index (χ3n) is 3.95. The van der Waals surface area contributed by atoms with E-state index < -0.39 is 0 Å². The Kier molecular flexibility index (Phi) is 4.23. The van der Waals surface area contributed by atoms with Crippen molar-refractivity contribution in [1.29, 1.82) is 0 Å². The maximum atomic E-state index is 5.92. The third kappa shape index (κ3) is 4.05. The van der Waals surface area contributed by atoms with Gasteiger partial charge in [-0.25, -0.2) is 0 Å². The summed E-state index contributed by atoms with van der Waals surface area (Å²) < 4.78 is 5.53. The number of nitrogen functional groups attached to an aromatic ring is 1. The Bertz CT molecular complexity index is 419. The van der Waals surface area contributed by atoms with E-state index >= 15 is 0 Å². The van der Waals surface area contributed by atoms with Crippen molar-refractivity contribution in [2.24, 2.45) is 5.41 Å². The zero-order chi connectivity index (χ0) is 13.9. The lowest BCUT2D eigenvalue weighted by Gasteiger charge is -2.35. The highest BCUT2D eigenvalue weighted by Crippen LogP contribution is 2.36. The van der Waals surface area contributed by atoms with Gasteiger partial charge in [-0.1, -0.05) is 13.8 Å². The van der Waals surface area contributed by atoms with Crippen LogP contribution in [0.3, 0.4) is 0 Å². The summed E-state index contributed by atoms with van der Waals surface area (Å²) in [6, 6.07) is 6.46. The quantitative estimate of drug-likeness (QED) is 0.805. The summed E-state index contributed by atoms with van der Waals surface area (Å²) in [5, 5.41) is 3.60. The zero-order valence-corrected chi connectivity index (χ0v) is 12.3. The van der Waals surface area contributed by atoms with Crippen molar-refractivity contribution in [3.8, 4) is 5.75 Å². The number of ether oxygens (including phenoxy) is 1. The fraction of sp³-hybridized carbons (Fsp3) is 0.625. The lowest BCUT2D eigenvalue weighted by molar-refractivity contribution is 0.232. The van der Waals surface area contributed by atoms with Crippen LogP contribution in [0.15, 0.2) is 18.2 Å². The number of hydrogen-bond donors (Lipinski definition) is 2. The number of nitrogens with two attached hydrogens (primary N) is 1. The van der Waals surface area contributed by atoms with Gasteiger partial charge in [0.05, 0.1) is 6.61 Å². The molecule has 0 bridgehead atoms. The Hall–Kier alpha value is -1.38. The van der Waals surface area contributed by atoms with Gasteiger partial charge in [0.1, 0.15) is 5.75 Å². The van der Waals surface area contributed by atoms with E-state index in [1.807, 2.05) is 25.1 Å². The summed E-state index contributed by atoms with van der Waals surface area (Å²) in [6.45, 7) is 7.37. The predicted molar refractivity (Wildman–Crippen MR) is 81.7 cm³/mol. The van der Waals surface area contributed by atoms with Crippen LogP contribution in [0.4, 0.5) is 11.4 Å². The van der Waals surface area contributed by atoms with Gasteiger partial charge >= 0.3 is 0 Å². The van der Waals surface area contributed by atoms with Gasteiger partial charge in [0.15, 0.2) is 0 Å². The molecule has 2 rings (SSSR count). The summed E-state index contributed by atoms with van der Waals surface area (Å²) in [7, 11) is 0. The standard InChI is InChI=1S/C16H26N2O/c1-4-19-15-10-12(17)9-14(11-15)18-13-5-7-16(2,3)8-6-13/h9-11,13,18H,4-8,17H2,1-3H3. The summed E-state index contributed by atoms with van der Waals surface area (Å²) in [6.07, 6.45) is 5.02. The van der Waals surface area contributed by atoms with E-state index in [1.54, 1.807) is 0 Å². The fourth-order valence-corrected chi connectivity index (χ4v) is 2.73. The van der Waals surface area contributed by atoms with Crippen LogP contribution in [0, 0.1) is 5.41 Å². The Morgan fingerprint density at radius 2 is 1.95 bits per heavy atom. The molecule has 3 nitrogen and oxygen atoms in total. The van der Waals surface area contributed by atoms with Gasteiger partial charge in [-0.3, -0.25) is 0 Å². The first-order valence-corrected chi connectivity index (χ1v) is 7.28. The highest BCUT2D eigenvalue weighted by atomic mass is 16.5. The van der Waals surface area contributed by atoms with Gasteiger partial charge < -0.3 is 15.8 Å². The minimum atomic E-state index is 0.504. The molecule has 0 spiro atoms. The first-order chi connectivity index (χ1) is 8.98. The molecule has 0 heterocycles. The molecule has 3 N–H and O–H groups in total. The molecule has 1 aliphatic rings. The monoisotopic (exact) mass is 262 g/mol. The van der Waals surface area contributed by atoms with Gasteiger partial charge in [-0.15, -0.1) is 0 Å². The molecule has 19 heavy (non-hydrogen) atoms. The second kappa shape index (κ2) is 5.72. The molecule has 0 radical (unpaired) electrons. The minimum Gasteiger partial charge on any atom is -0.494 e. The molecule has 3 heteroatoms. The molecule has 0 amide bonds. The van der Waals surface area contributed by atoms with E-state index in [0.29, 0.717) is 18.1 Å². The molecule has 1 saturated carbocycles. The summed E-state index contributed by atoms with van der Waals surface area (Å²) in [4.78, 5) is 0. The van der Waals surface area contributed by atoms with Crippen LogP contribution in [-0.2, 0) is 0 Å². The third-order valence-corrected chi connectivity index (χ3v) is 3.95. The SMILES string of the molecule is CCOc1cc(N)cc(NC2CCC(C)(C)CC2)c1. The largest absolute Gasteiger partial charge is 0.494 e. The Morgan fingerprint density at radius 3 is 2.58 bits per heavy atom. The molecule has 0 aliphatic heterocycles. The topological polar surface area (TPSA) is 47.3 Å². The van der Waals surface area contributed by atoms with E-state index in [0.717, 1.165) is 17.1 Å². The lowest BCUT2D eigenvalue weighted by Crippen LogP contribution is -2.29. The first-order valence-electron chi connectivity index (χ1n) is 7.28. The number of rotatable bonds is 4. The van der Waals surface area contributed by atoms with Crippen LogP contribution in [0.2, 0.25) is 0 Å². The van der Waals surface area contributed by atoms with Crippen LogP contribution >= 0.6 is 0 Å². The van der Waals surface area contributed by atoms with Crippen molar-refractivity contribution in [3.05, 3.63) is 18.2 Å². The Labute approximate surface area is 116 Å². The van der Waals surface area contributed by atoms with Gasteiger partial charge in [0, 0.05) is 29.5 Å². The van der Waals surface area contributed by atoms with Crippen molar-refractivity contribution in [1.82, 2.24) is 0 Å². The van der Waals surface area contributed by atoms with E-state index in [4.69, 9.17) is 10.5 Å². The van der Waals surface area contributed by atoms with Crippen LogP contribution in [0.1, 0.15) is 46.5 Å². The van der Waals surface area contributed by atoms with E-state index in [2.05, 4.69) is 19.2 Å². The number of anilines is 2. The summed E-state index contributed by atoms with van der Waals surface area (Å²) >= 11 is 0. The maximum Gasteiger partial charge on any atom is 0.123 e. The molecular weight excluding hydrogens is 236 g/mol. The van der Waals surface area contributed by atoms with E-state index in [9.17, 15) is 0 Å². The molecule has 1 aliphatic carbocycles. The number of benzene rings is 1. The van der Waals surface area contributed by atoms with E-state index in [-0.39, 0.29) is 0 Å². The minimum absolute atomic E-state index is 0.504. The van der Waals surface area contributed by atoms with Crippen LogP contribution in [0.5, 0.6) is 5.75 Å². The molecule has 0 unspecified atom stereocenters. The average molecular weight is 262 g/mol. The number of hydrogen-bond acceptors (Lipinski definition) is 3. The summed E-state index contributed by atoms with van der Waals surface area (Å²) in [5.74, 6) is 0.848. The van der Waals surface area contributed by atoms with Crippen molar-refractivity contribution >= 4 is 11.4 Å². The van der Waals surface area contributed by atoms with Crippen LogP contribution in [-0.4, -0.2) is 12.6 Å². The average Bonchev–Trinajstić information content (AvgIpc) is 2.32. The molecule has 1 aromatic carbocycles. The molecule has 0 aromatic heterocycles. The Balaban J connectivity index is 1.99. The molecular formula is C16H26N2O.